The molecule has 0 bridgehead atoms. The fourth-order valence-corrected chi connectivity index (χ4v) is 6.77. The maximum Gasteiger partial charge on any atom is 0.254 e. The van der Waals surface area contributed by atoms with Crippen LogP contribution >= 0.6 is 0 Å². The molecule has 3 fully saturated rings. The van der Waals surface area contributed by atoms with E-state index in [1.165, 1.54) is 19.3 Å². The lowest BCUT2D eigenvalue weighted by Crippen LogP contribution is -2.64. The Morgan fingerprint density at radius 3 is 2.45 bits per heavy atom. The molecule has 5 nitrogen and oxygen atoms in total. The molecule has 1 N–H and O–H groups in total. The second kappa shape index (κ2) is 8.93. The standard InChI is InChI=1S/C26H36N2O3/c29-24(27-18-19-12-16-31-17-13-19)23-21-10-4-5-11-22(21)25(30)28(20-8-2-1-3-9-20)26(23)14-6-7-15-26/h4-5,10-11,19-20,23H,1-3,6-9,12-18H2,(H,27,29). The molecule has 2 aliphatic carbocycles. The summed E-state index contributed by atoms with van der Waals surface area (Å²) in [7, 11) is 0. The first-order valence-electron chi connectivity index (χ1n) is 12.5. The number of hydrogen-bond donors (Lipinski definition) is 1. The minimum absolute atomic E-state index is 0.120. The van der Waals surface area contributed by atoms with E-state index in [1.54, 1.807) is 0 Å². The highest BCUT2D eigenvalue weighted by Crippen LogP contribution is 2.52. The van der Waals surface area contributed by atoms with Crippen LogP contribution in [0.2, 0.25) is 0 Å². The quantitative estimate of drug-likeness (QED) is 0.779. The summed E-state index contributed by atoms with van der Waals surface area (Å²) < 4.78 is 5.48. The zero-order valence-corrected chi connectivity index (χ0v) is 18.6. The van der Waals surface area contributed by atoms with Gasteiger partial charge < -0.3 is 15.0 Å². The average Bonchev–Trinajstić information content (AvgIpc) is 3.28. The van der Waals surface area contributed by atoms with E-state index in [0.717, 1.165) is 75.7 Å². The molecule has 168 valence electrons. The van der Waals surface area contributed by atoms with Gasteiger partial charge in [0.05, 0.1) is 11.5 Å². The van der Waals surface area contributed by atoms with E-state index >= 15 is 0 Å². The first kappa shape index (κ1) is 21.0. The molecule has 0 aromatic heterocycles. The zero-order valence-electron chi connectivity index (χ0n) is 18.6. The highest BCUT2D eigenvalue weighted by molar-refractivity contribution is 6.02. The molecule has 1 unspecified atom stereocenters. The summed E-state index contributed by atoms with van der Waals surface area (Å²) in [5.74, 6) is 0.518. The van der Waals surface area contributed by atoms with Crippen molar-refractivity contribution >= 4 is 11.8 Å². The average molecular weight is 425 g/mol. The Hall–Kier alpha value is -1.88. The van der Waals surface area contributed by atoms with Gasteiger partial charge in [-0.25, -0.2) is 0 Å². The Morgan fingerprint density at radius 1 is 1.00 bits per heavy atom. The number of fused-ring (bicyclic) bond motifs is 1. The van der Waals surface area contributed by atoms with Crippen molar-refractivity contribution in [1.29, 1.82) is 0 Å². The second-order valence-corrected chi connectivity index (χ2v) is 10.1. The van der Waals surface area contributed by atoms with Crippen LogP contribution in [-0.4, -0.2) is 48.1 Å². The van der Waals surface area contributed by atoms with Crippen molar-refractivity contribution in [3.8, 4) is 0 Å². The monoisotopic (exact) mass is 424 g/mol. The molecule has 2 saturated carbocycles. The summed E-state index contributed by atoms with van der Waals surface area (Å²) >= 11 is 0. The largest absolute Gasteiger partial charge is 0.381 e. The first-order valence-corrected chi connectivity index (χ1v) is 12.5. The molecule has 4 aliphatic rings. The minimum atomic E-state index is -0.354. The predicted octanol–water partition coefficient (Wildman–Crippen LogP) is 4.41. The molecule has 2 aliphatic heterocycles. The van der Waals surface area contributed by atoms with Gasteiger partial charge >= 0.3 is 0 Å². The maximum absolute atomic E-state index is 13.8. The van der Waals surface area contributed by atoms with Crippen LogP contribution in [0.3, 0.4) is 0 Å². The summed E-state index contributed by atoms with van der Waals surface area (Å²) in [6.07, 6.45) is 11.9. The molecule has 1 atom stereocenters. The van der Waals surface area contributed by atoms with E-state index in [4.69, 9.17) is 4.74 Å². The normalized spacial score (nSPS) is 26.8. The number of benzene rings is 1. The number of amides is 2. The van der Waals surface area contributed by atoms with Crippen LogP contribution in [0.15, 0.2) is 24.3 Å². The molecule has 2 heterocycles. The van der Waals surface area contributed by atoms with Gasteiger partial charge in [0.1, 0.15) is 0 Å². The van der Waals surface area contributed by atoms with Crippen molar-refractivity contribution in [3.63, 3.8) is 0 Å². The summed E-state index contributed by atoms with van der Waals surface area (Å²) in [5, 5.41) is 3.32. The third-order valence-corrected chi connectivity index (χ3v) is 8.32. The molecule has 1 aromatic carbocycles. The molecule has 5 heteroatoms. The van der Waals surface area contributed by atoms with Gasteiger partial charge in [-0.2, -0.15) is 0 Å². The first-order chi connectivity index (χ1) is 15.2. The highest BCUT2D eigenvalue weighted by Gasteiger charge is 2.57. The van der Waals surface area contributed by atoms with Crippen LogP contribution in [0.1, 0.15) is 92.5 Å². The Kier molecular flexibility index (Phi) is 6.05. The summed E-state index contributed by atoms with van der Waals surface area (Å²) in [4.78, 5) is 29.9. The van der Waals surface area contributed by atoms with Crippen LogP contribution in [0.25, 0.3) is 0 Å². The van der Waals surface area contributed by atoms with E-state index in [1.807, 2.05) is 24.3 Å². The van der Waals surface area contributed by atoms with Gasteiger partial charge in [-0.05, 0) is 56.1 Å². The van der Waals surface area contributed by atoms with Crippen LogP contribution in [0.5, 0.6) is 0 Å². The molecule has 2 amide bonds. The lowest BCUT2D eigenvalue weighted by molar-refractivity contribution is -0.127. The van der Waals surface area contributed by atoms with Crippen molar-refractivity contribution in [2.24, 2.45) is 5.92 Å². The highest BCUT2D eigenvalue weighted by atomic mass is 16.5. The van der Waals surface area contributed by atoms with Gasteiger partial charge in [-0.3, -0.25) is 9.59 Å². The molecule has 1 spiro atoms. The van der Waals surface area contributed by atoms with Gasteiger partial charge in [0.15, 0.2) is 0 Å². The smallest absolute Gasteiger partial charge is 0.254 e. The predicted molar refractivity (Wildman–Crippen MR) is 120 cm³/mol. The number of rotatable bonds is 4. The molecule has 1 saturated heterocycles. The third kappa shape index (κ3) is 3.79. The van der Waals surface area contributed by atoms with Gasteiger partial charge in [0.25, 0.3) is 5.91 Å². The topological polar surface area (TPSA) is 58.6 Å². The number of nitrogens with zero attached hydrogens (tertiary/aromatic N) is 1. The van der Waals surface area contributed by atoms with Gasteiger partial charge in [0, 0.05) is 31.4 Å². The van der Waals surface area contributed by atoms with Gasteiger partial charge in [-0.15, -0.1) is 0 Å². The van der Waals surface area contributed by atoms with Crippen molar-refractivity contribution in [1.82, 2.24) is 10.2 Å². The lowest BCUT2D eigenvalue weighted by Gasteiger charge is -2.54. The number of ether oxygens (including phenoxy) is 1. The van der Waals surface area contributed by atoms with Crippen LogP contribution in [0, 0.1) is 5.92 Å². The summed E-state index contributed by atoms with van der Waals surface area (Å²) in [6, 6.07) is 8.18. The van der Waals surface area contributed by atoms with E-state index < -0.39 is 0 Å². The molecule has 5 rings (SSSR count). The van der Waals surface area contributed by atoms with Crippen LogP contribution in [-0.2, 0) is 9.53 Å². The fraction of sp³-hybridized carbons (Fsp3) is 0.692. The number of nitrogens with one attached hydrogen (secondary N) is 1. The van der Waals surface area contributed by atoms with Crippen molar-refractivity contribution in [2.75, 3.05) is 19.8 Å². The van der Waals surface area contributed by atoms with Crippen LogP contribution < -0.4 is 5.32 Å². The molecular weight excluding hydrogens is 388 g/mol. The third-order valence-electron chi connectivity index (χ3n) is 8.32. The number of hydrogen-bond acceptors (Lipinski definition) is 3. The van der Waals surface area contributed by atoms with E-state index in [9.17, 15) is 9.59 Å². The van der Waals surface area contributed by atoms with Gasteiger partial charge in [-0.1, -0.05) is 50.3 Å². The number of carbonyl (C=O) groups is 2. The van der Waals surface area contributed by atoms with Crippen molar-refractivity contribution < 1.29 is 14.3 Å². The molecule has 1 aromatic rings. The van der Waals surface area contributed by atoms with E-state index in [-0.39, 0.29) is 29.3 Å². The van der Waals surface area contributed by atoms with Crippen LogP contribution in [0.4, 0.5) is 0 Å². The number of carbonyl (C=O) groups excluding carboxylic acids is 2. The summed E-state index contributed by atoms with van der Waals surface area (Å²) in [6.45, 7) is 2.30. The Morgan fingerprint density at radius 2 is 1.71 bits per heavy atom. The molecular formula is C26H36N2O3. The summed E-state index contributed by atoms with van der Waals surface area (Å²) in [5.41, 5.74) is 1.34. The SMILES string of the molecule is O=C(NCC1CCOCC1)C1c2ccccc2C(=O)N(C2CCCCC2)C12CCCC2. The van der Waals surface area contributed by atoms with E-state index in [0.29, 0.717) is 12.5 Å². The molecule has 31 heavy (non-hydrogen) atoms. The lowest BCUT2D eigenvalue weighted by atomic mass is 9.69. The zero-order chi connectivity index (χ0) is 21.3. The molecule has 0 radical (unpaired) electrons. The minimum Gasteiger partial charge on any atom is -0.381 e. The Balaban J connectivity index is 1.49. The van der Waals surface area contributed by atoms with Gasteiger partial charge in [0.2, 0.25) is 5.91 Å². The van der Waals surface area contributed by atoms with E-state index in [2.05, 4.69) is 10.2 Å². The Labute approximate surface area is 185 Å². The Bertz CT molecular complexity index is 805. The van der Waals surface area contributed by atoms with Crippen molar-refractivity contribution in [2.45, 2.75) is 88.1 Å². The maximum atomic E-state index is 13.8. The second-order valence-electron chi connectivity index (χ2n) is 10.1. The van der Waals surface area contributed by atoms with Crippen molar-refractivity contribution in [3.05, 3.63) is 35.4 Å². The fourth-order valence-electron chi connectivity index (χ4n) is 6.77.